The van der Waals surface area contributed by atoms with Crippen molar-refractivity contribution >= 4 is 0 Å². The summed E-state index contributed by atoms with van der Waals surface area (Å²) in [6.07, 6.45) is 0. The molecule has 0 radical (unpaired) electrons. The van der Waals surface area contributed by atoms with Crippen molar-refractivity contribution in [2.75, 3.05) is 0 Å². The zero-order valence-corrected chi connectivity index (χ0v) is 12.5. The van der Waals surface area contributed by atoms with Gasteiger partial charge in [0.1, 0.15) is 0 Å². The highest BCUT2D eigenvalue weighted by Crippen LogP contribution is 2.08. The number of hydrogen-bond acceptors (Lipinski definition) is 0. The third kappa shape index (κ3) is 146. The van der Waals surface area contributed by atoms with Gasteiger partial charge in [0, 0.05) is 0 Å². The van der Waals surface area contributed by atoms with Crippen molar-refractivity contribution in [3.8, 4) is 11.8 Å². The van der Waals surface area contributed by atoms with E-state index in [1.807, 2.05) is 13.8 Å². The fourth-order valence-corrected chi connectivity index (χ4v) is 0. The van der Waals surface area contributed by atoms with Crippen LogP contribution in [-0.2, 0) is 0 Å². The lowest BCUT2D eigenvalue weighted by Gasteiger charge is -2.05. The largest absolute Gasteiger partial charge is 0.107 e. The summed E-state index contributed by atoms with van der Waals surface area (Å²) in [5.74, 6) is 5.36. The number of hydrogen-bond donors (Lipinski definition) is 0. The number of rotatable bonds is 0. The van der Waals surface area contributed by atoms with Crippen molar-refractivity contribution < 1.29 is 0 Å². The molecule has 17 heavy (non-hydrogen) atoms. The summed E-state index contributed by atoms with van der Waals surface area (Å²) in [5.41, 5.74) is 3.35. The summed E-state index contributed by atoms with van der Waals surface area (Å²) >= 11 is 0. The quantitative estimate of drug-likeness (QED) is 0.327. The first-order chi connectivity index (χ1) is 6.56. The minimum Gasteiger partial charge on any atom is -0.107 e. The third-order valence-electron chi connectivity index (χ3n) is 1.25. The van der Waals surface area contributed by atoms with Gasteiger partial charge in [-0.3, -0.25) is 0 Å². The van der Waals surface area contributed by atoms with E-state index in [1.165, 1.54) is 11.1 Å². The normalized spacial score (nSPS) is 7.18. The molecule has 0 bridgehead atoms. The minimum absolute atomic E-state index is 0. The summed E-state index contributed by atoms with van der Waals surface area (Å²) in [5, 5.41) is 0. The first-order valence-corrected chi connectivity index (χ1v) is 5.50. The van der Waals surface area contributed by atoms with Crippen LogP contribution in [-0.4, -0.2) is 0 Å². The first kappa shape index (κ1) is 29.9. The van der Waals surface area contributed by atoms with Gasteiger partial charge < -0.3 is 0 Å². The van der Waals surface area contributed by atoms with E-state index < -0.39 is 0 Å². The highest BCUT2D eigenvalue weighted by molar-refractivity contribution is 5.02. The second kappa shape index (κ2) is 17.7. The Labute approximate surface area is 113 Å². The fourth-order valence-electron chi connectivity index (χ4n) is 0. The van der Waals surface area contributed by atoms with Crippen LogP contribution >= 0.6 is 0 Å². The SMILES string of the molecule is C.C.CC#CC.CC(C)(C)C.CC(C)=C(C)C. The molecule has 0 unspecified atom stereocenters. The molecule has 0 aromatic rings. The van der Waals surface area contributed by atoms with Gasteiger partial charge in [0.25, 0.3) is 0 Å². The molecule has 0 saturated heterocycles. The smallest absolute Gasteiger partial charge is 0.00271 e. The van der Waals surface area contributed by atoms with Crippen LogP contribution in [0.4, 0.5) is 0 Å². The fraction of sp³-hybridized carbons (Fsp3) is 0.765. The van der Waals surface area contributed by atoms with E-state index in [0.717, 1.165) is 0 Å². The molecule has 0 aliphatic heterocycles. The highest BCUT2D eigenvalue weighted by atomic mass is 14.0. The Morgan fingerprint density at radius 3 is 0.765 bits per heavy atom. The Hall–Kier alpha value is -0.700. The zero-order valence-electron chi connectivity index (χ0n) is 12.5. The molecule has 0 fully saturated rings. The lowest BCUT2D eigenvalue weighted by Crippen LogP contribution is -1.93. The van der Waals surface area contributed by atoms with Crippen LogP contribution in [0.3, 0.4) is 0 Å². The average Bonchev–Trinajstić information content (AvgIpc) is 2.01. The Morgan fingerprint density at radius 1 is 0.647 bits per heavy atom. The summed E-state index contributed by atoms with van der Waals surface area (Å²) in [6.45, 7) is 20.9. The lowest BCUT2D eigenvalue weighted by atomic mass is 10.0. The van der Waals surface area contributed by atoms with E-state index in [2.05, 4.69) is 67.2 Å². The lowest BCUT2D eigenvalue weighted by molar-refractivity contribution is 0.469. The van der Waals surface area contributed by atoms with Gasteiger partial charge in [0.2, 0.25) is 0 Å². The second-order valence-corrected chi connectivity index (χ2v) is 5.50. The second-order valence-electron chi connectivity index (χ2n) is 5.50. The van der Waals surface area contributed by atoms with Crippen LogP contribution < -0.4 is 0 Å². The van der Waals surface area contributed by atoms with Gasteiger partial charge in [-0.2, -0.15) is 0 Å². The first-order valence-electron chi connectivity index (χ1n) is 5.50. The maximum Gasteiger partial charge on any atom is -0.00271 e. The molecule has 0 N–H and O–H groups in total. The number of allylic oxidation sites excluding steroid dienone is 2. The predicted octanol–water partition coefficient (Wildman–Crippen LogP) is 6.72. The molecule has 0 saturated carbocycles. The standard InChI is InChI=1S/C6H12.C5H12.C4H6.2CH4/c1-5(2)6(3)4;1-5(2,3)4;1-3-4-2;;/h1-4H3;1-4H3;1-2H3;2*1H4. The Morgan fingerprint density at radius 2 is 0.765 bits per heavy atom. The molecular weight excluding hydrogens is 204 g/mol. The van der Waals surface area contributed by atoms with Gasteiger partial charge in [0.05, 0.1) is 0 Å². The molecule has 0 aliphatic carbocycles. The maximum atomic E-state index is 2.68. The molecule has 106 valence electrons. The molecule has 0 aromatic carbocycles. The van der Waals surface area contributed by atoms with Crippen molar-refractivity contribution in [3.05, 3.63) is 11.1 Å². The van der Waals surface area contributed by atoms with Crippen LogP contribution in [0.2, 0.25) is 0 Å². The van der Waals surface area contributed by atoms with Gasteiger partial charge >= 0.3 is 0 Å². The monoisotopic (exact) mass is 242 g/mol. The van der Waals surface area contributed by atoms with E-state index >= 15 is 0 Å². The summed E-state index contributed by atoms with van der Waals surface area (Å²) in [7, 11) is 0. The molecule has 0 aromatic heterocycles. The van der Waals surface area contributed by atoms with E-state index in [9.17, 15) is 0 Å². The molecule has 0 spiro atoms. The topological polar surface area (TPSA) is 0 Å². The van der Waals surface area contributed by atoms with Crippen molar-refractivity contribution in [1.82, 2.24) is 0 Å². The Bertz CT molecular complexity index is 183. The molecule has 0 aliphatic rings. The summed E-state index contributed by atoms with van der Waals surface area (Å²) in [6, 6.07) is 0. The van der Waals surface area contributed by atoms with E-state index in [4.69, 9.17) is 0 Å². The molecule has 0 heterocycles. The van der Waals surface area contributed by atoms with Crippen molar-refractivity contribution in [2.24, 2.45) is 5.41 Å². The maximum absolute atomic E-state index is 2.68. The van der Waals surface area contributed by atoms with Gasteiger partial charge in [-0.15, -0.1) is 11.8 Å². The predicted molar refractivity (Wildman–Crippen MR) is 87.4 cm³/mol. The van der Waals surface area contributed by atoms with Gasteiger partial charge in [0.15, 0.2) is 0 Å². The highest BCUT2D eigenvalue weighted by Gasteiger charge is 1.95. The third-order valence-corrected chi connectivity index (χ3v) is 1.25. The van der Waals surface area contributed by atoms with Crippen LogP contribution in [0.15, 0.2) is 11.1 Å². The van der Waals surface area contributed by atoms with Crippen LogP contribution in [0, 0.1) is 17.3 Å². The van der Waals surface area contributed by atoms with Crippen molar-refractivity contribution in [1.29, 1.82) is 0 Å². The van der Waals surface area contributed by atoms with Crippen LogP contribution in [0.5, 0.6) is 0 Å². The molecule has 0 atom stereocenters. The molecule has 0 heteroatoms. The molecule has 0 nitrogen and oxygen atoms in total. The Kier molecular flexibility index (Phi) is 31.1. The van der Waals surface area contributed by atoms with Crippen LogP contribution in [0.1, 0.15) is 84.1 Å². The Balaban J connectivity index is -0.0000000407. The minimum atomic E-state index is 0. The zero-order chi connectivity index (χ0) is 13.1. The summed E-state index contributed by atoms with van der Waals surface area (Å²) in [4.78, 5) is 0. The molecule has 0 amide bonds. The van der Waals surface area contributed by atoms with Crippen LogP contribution in [0.25, 0.3) is 0 Å². The molecular formula is C17H38. The van der Waals surface area contributed by atoms with Crippen molar-refractivity contribution in [2.45, 2.75) is 84.1 Å². The summed E-state index contributed by atoms with van der Waals surface area (Å²) < 4.78 is 0. The van der Waals surface area contributed by atoms with E-state index in [1.54, 1.807) is 0 Å². The average molecular weight is 242 g/mol. The van der Waals surface area contributed by atoms with Gasteiger partial charge in [-0.05, 0) is 47.0 Å². The van der Waals surface area contributed by atoms with E-state index in [-0.39, 0.29) is 14.9 Å². The van der Waals surface area contributed by atoms with Gasteiger partial charge in [-0.25, -0.2) is 0 Å². The van der Waals surface area contributed by atoms with Gasteiger partial charge in [-0.1, -0.05) is 53.7 Å². The molecule has 0 rings (SSSR count). The van der Waals surface area contributed by atoms with E-state index in [0.29, 0.717) is 5.41 Å². The van der Waals surface area contributed by atoms with Crippen molar-refractivity contribution in [3.63, 3.8) is 0 Å².